The Morgan fingerprint density at radius 1 is 1.33 bits per heavy atom. The summed E-state index contributed by atoms with van der Waals surface area (Å²) in [5.41, 5.74) is -0.599. The largest absolute Gasteiger partial charge is 0.385 e. The lowest BCUT2D eigenvalue weighted by atomic mass is 9.75. The molecule has 1 aliphatic rings. The van der Waals surface area contributed by atoms with Crippen molar-refractivity contribution in [2.24, 2.45) is 5.41 Å². The number of hydrogen-bond acceptors (Lipinski definition) is 2. The predicted molar refractivity (Wildman–Crippen MR) is 35.2 cm³/mol. The van der Waals surface area contributed by atoms with Gasteiger partial charge in [0, 0.05) is 0 Å². The van der Waals surface area contributed by atoms with E-state index in [9.17, 15) is 5.11 Å². The zero-order chi connectivity index (χ0) is 7.12. The minimum absolute atomic E-state index is 0.0365. The lowest BCUT2D eigenvalue weighted by molar-refractivity contribution is -0.228. The summed E-state index contributed by atoms with van der Waals surface area (Å²) in [6.07, 6.45) is 0. The first-order chi connectivity index (χ1) is 3.96. The van der Waals surface area contributed by atoms with Gasteiger partial charge in [0.2, 0.25) is 0 Å². The lowest BCUT2D eigenvalue weighted by Crippen LogP contribution is -2.58. The molecule has 0 aromatic rings. The molecule has 54 valence electrons. The quantitative estimate of drug-likeness (QED) is 0.525. The van der Waals surface area contributed by atoms with E-state index in [1.807, 2.05) is 20.8 Å². The molecule has 0 bridgehead atoms. The van der Waals surface area contributed by atoms with Gasteiger partial charge < -0.3 is 9.84 Å². The van der Waals surface area contributed by atoms with Crippen molar-refractivity contribution >= 4 is 0 Å². The van der Waals surface area contributed by atoms with Gasteiger partial charge in [-0.2, -0.15) is 0 Å². The fourth-order valence-corrected chi connectivity index (χ4v) is 0.728. The first-order valence-corrected chi connectivity index (χ1v) is 3.26. The molecule has 1 heterocycles. The average Bonchev–Trinajstić information content (AvgIpc) is 1.57. The van der Waals surface area contributed by atoms with Gasteiger partial charge >= 0.3 is 0 Å². The second-order valence-electron chi connectivity index (χ2n) is 3.77. The molecule has 1 N–H and O–H groups in total. The molecule has 1 aliphatic heterocycles. The molecule has 0 spiro atoms. The van der Waals surface area contributed by atoms with E-state index < -0.39 is 5.60 Å². The molecule has 0 saturated carbocycles. The first kappa shape index (κ1) is 7.03. The van der Waals surface area contributed by atoms with Crippen LogP contribution in [0.25, 0.3) is 0 Å². The van der Waals surface area contributed by atoms with Crippen molar-refractivity contribution in [2.45, 2.75) is 26.4 Å². The van der Waals surface area contributed by atoms with Gasteiger partial charge in [-0.25, -0.2) is 0 Å². The smallest absolute Gasteiger partial charge is 0.116 e. The molecule has 2 nitrogen and oxygen atoms in total. The first-order valence-electron chi connectivity index (χ1n) is 3.26. The third kappa shape index (κ3) is 0.970. The van der Waals surface area contributed by atoms with Crippen molar-refractivity contribution in [3.63, 3.8) is 0 Å². The lowest BCUT2D eigenvalue weighted by Gasteiger charge is -2.46. The Morgan fingerprint density at radius 3 is 1.78 bits per heavy atom. The van der Waals surface area contributed by atoms with Crippen LogP contribution in [0.4, 0.5) is 0 Å². The maximum Gasteiger partial charge on any atom is 0.116 e. The highest BCUT2D eigenvalue weighted by atomic mass is 16.5. The third-order valence-electron chi connectivity index (χ3n) is 2.08. The zero-order valence-corrected chi connectivity index (χ0v) is 6.27. The van der Waals surface area contributed by atoms with E-state index in [1.165, 1.54) is 0 Å². The highest BCUT2D eigenvalue weighted by molar-refractivity contribution is 4.95. The van der Waals surface area contributed by atoms with Crippen LogP contribution in [0, 0.1) is 5.41 Å². The van der Waals surface area contributed by atoms with E-state index in [0.717, 1.165) is 0 Å². The van der Waals surface area contributed by atoms with Crippen LogP contribution in [0.1, 0.15) is 20.8 Å². The fourth-order valence-electron chi connectivity index (χ4n) is 0.728. The van der Waals surface area contributed by atoms with E-state index in [1.54, 1.807) is 0 Å². The van der Waals surface area contributed by atoms with Gasteiger partial charge in [-0.05, 0) is 5.41 Å². The van der Waals surface area contributed by atoms with Crippen molar-refractivity contribution in [3.05, 3.63) is 0 Å². The monoisotopic (exact) mass is 130 g/mol. The Morgan fingerprint density at radius 2 is 1.78 bits per heavy atom. The molecular formula is C7H14O2. The molecule has 0 unspecified atom stereocenters. The van der Waals surface area contributed by atoms with Gasteiger partial charge in [0.1, 0.15) is 5.60 Å². The number of ether oxygens (including phenoxy) is 1. The van der Waals surface area contributed by atoms with Crippen LogP contribution in [0.3, 0.4) is 0 Å². The number of hydrogen-bond donors (Lipinski definition) is 1. The number of rotatable bonds is 0. The van der Waals surface area contributed by atoms with Gasteiger partial charge in [0.15, 0.2) is 0 Å². The van der Waals surface area contributed by atoms with Gasteiger partial charge in [-0.3, -0.25) is 0 Å². The predicted octanol–water partition coefficient (Wildman–Crippen LogP) is 0.794. The van der Waals surface area contributed by atoms with Gasteiger partial charge in [0.25, 0.3) is 0 Å². The van der Waals surface area contributed by atoms with Gasteiger partial charge in [-0.1, -0.05) is 20.8 Å². The van der Waals surface area contributed by atoms with E-state index in [2.05, 4.69) is 0 Å². The normalized spacial score (nSPS) is 25.3. The van der Waals surface area contributed by atoms with Crippen LogP contribution in [-0.4, -0.2) is 23.9 Å². The Kier molecular flexibility index (Phi) is 1.33. The standard InChI is InChI=1S/C7H14O2/c1-6(2,3)7(8)4-9-5-7/h8H,4-5H2,1-3H3. The Bertz CT molecular complexity index is 109. The second kappa shape index (κ2) is 1.70. The van der Waals surface area contributed by atoms with Crippen LogP contribution in [0.15, 0.2) is 0 Å². The molecule has 0 radical (unpaired) electrons. The van der Waals surface area contributed by atoms with Crippen LogP contribution in [0.5, 0.6) is 0 Å². The van der Waals surface area contributed by atoms with Crippen molar-refractivity contribution in [2.75, 3.05) is 13.2 Å². The summed E-state index contributed by atoms with van der Waals surface area (Å²) < 4.78 is 4.91. The molecule has 0 aromatic carbocycles. The Labute approximate surface area is 55.8 Å². The van der Waals surface area contributed by atoms with Crippen LogP contribution >= 0.6 is 0 Å². The molecule has 0 amide bonds. The molecule has 1 rings (SSSR count). The van der Waals surface area contributed by atoms with Crippen molar-refractivity contribution in [3.8, 4) is 0 Å². The summed E-state index contributed by atoms with van der Waals surface area (Å²) in [7, 11) is 0. The Balaban J connectivity index is 2.59. The van der Waals surface area contributed by atoms with Crippen LogP contribution < -0.4 is 0 Å². The van der Waals surface area contributed by atoms with Crippen LogP contribution in [-0.2, 0) is 4.74 Å². The molecule has 2 heteroatoms. The fraction of sp³-hybridized carbons (Fsp3) is 1.00. The third-order valence-corrected chi connectivity index (χ3v) is 2.08. The summed E-state index contributed by atoms with van der Waals surface area (Å²) in [4.78, 5) is 0. The Hall–Kier alpha value is -0.0800. The summed E-state index contributed by atoms with van der Waals surface area (Å²) in [5, 5.41) is 9.62. The van der Waals surface area contributed by atoms with Crippen molar-refractivity contribution in [1.29, 1.82) is 0 Å². The summed E-state index contributed by atoms with van der Waals surface area (Å²) in [5.74, 6) is 0. The highest BCUT2D eigenvalue weighted by Gasteiger charge is 2.46. The second-order valence-corrected chi connectivity index (χ2v) is 3.77. The molecule has 0 atom stereocenters. The highest BCUT2D eigenvalue weighted by Crippen LogP contribution is 2.35. The van der Waals surface area contributed by atoms with E-state index in [4.69, 9.17) is 4.74 Å². The van der Waals surface area contributed by atoms with Gasteiger partial charge in [0.05, 0.1) is 13.2 Å². The molecule has 9 heavy (non-hydrogen) atoms. The summed E-state index contributed by atoms with van der Waals surface area (Å²) >= 11 is 0. The summed E-state index contributed by atoms with van der Waals surface area (Å²) in [6.45, 7) is 7.06. The molecular weight excluding hydrogens is 116 g/mol. The van der Waals surface area contributed by atoms with Crippen LogP contribution in [0.2, 0.25) is 0 Å². The maximum absolute atomic E-state index is 9.62. The van der Waals surface area contributed by atoms with Crippen molar-refractivity contribution < 1.29 is 9.84 Å². The SMILES string of the molecule is CC(C)(C)C1(O)COC1. The summed E-state index contributed by atoms with van der Waals surface area (Å²) in [6, 6.07) is 0. The van der Waals surface area contributed by atoms with E-state index in [-0.39, 0.29) is 5.41 Å². The minimum atomic E-state index is -0.562. The molecule has 0 aromatic heterocycles. The van der Waals surface area contributed by atoms with Crippen molar-refractivity contribution in [1.82, 2.24) is 0 Å². The minimum Gasteiger partial charge on any atom is -0.385 e. The topological polar surface area (TPSA) is 29.5 Å². The molecule has 1 saturated heterocycles. The molecule has 1 fully saturated rings. The van der Waals surface area contributed by atoms with Gasteiger partial charge in [-0.15, -0.1) is 0 Å². The maximum atomic E-state index is 9.62. The van der Waals surface area contributed by atoms with E-state index in [0.29, 0.717) is 13.2 Å². The van der Waals surface area contributed by atoms with E-state index >= 15 is 0 Å². The average molecular weight is 130 g/mol. The number of aliphatic hydroxyl groups is 1. The zero-order valence-electron chi connectivity index (χ0n) is 6.27. The molecule has 0 aliphatic carbocycles.